The monoisotopic (exact) mass is 958 g/mol. The SMILES string of the molecule is CCOC(=O)Nc1ccc(-c2nc3cc(N4CCN(C)CC4)ccc3n2C(N)=O)cc1N=C(C)c1ccc(OCCOC(C)(C)COCC(C)CCOP(OCCC#N)N(C(C)C)C(C)C)cc1. The Labute approximate surface area is 403 Å². The molecule has 0 bridgehead atoms. The van der Waals surface area contributed by atoms with Gasteiger partial charge in [-0.25, -0.2) is 23.8 Å². The number of hydrogen-bond donors (Lipinski definition) is 2. The fourth-order valence-electron chi connectivity index (χ4n) is 7.68. The summed E-state index contributed by atoms with van der Waals surface area (Å²) in [5.74, 6) is 1.30. The molecule has 17 nitrogen and oxygen atoms in total. The molecule has 0 saturated carbocycles. The van der Waals surface area contributed by atoms with Crippen molar-refractivity contribution in [2.24, 2.45) is 16.6 Å². The summed E-state index contributed by atoms with van der Waals surface area (Å²) in [6, 6.07) is 20.7. The van der Waals surface area contributed by atoms with Crippen molar-refractivity contribution in [1.29, 1.82) is 5.26 Å². The Hall–Kier alpha value is -5.18. The highest BCUT2D eigenvalue weighted by Crippen LogP contribution is 2.46. The highest BCUT2D eigenvalue weighted by molar-refractivity contribution is 7.44. The van der Waals surface area contributed by atoms with Gasteiger partial charge in [0.15, 0.2) is 0 Å². The van der Waals surface area contributed by atoms with Gasteiger partial charge in [-0.3, -0.25) is 10.3 Å². The Morgan fingerprint density at radius 1 is 0.956 bits per heavy atom. The molecule has 1 aromatic heterocycles. The summed E-state index contributed by atoms with van der Waals surface area (Å²) in [4.78, 5) is 40.0. The number of anilines is 2. The third-order valence-corrected chi connectivity index (χ3v) is 13.3. The summed E-state index contributed by atoms with van der Waals surface area (Å²) in [6.45, 7) is 24.7. The van der Waals surface area contributed by atoms with Gasteiger partial charge in [-0.05, 0) is 141 Å². The van der Waals surface area contributed by atoms with Gasteiger partial charge in [-0.1, -0.05) is 6.92 Å². The largest absolute Gasteiger partial charge is 0.491 e. The molecule has 1 aliphatic heterocycles. The van der Waals surface area contributed by atoms with Crippen LogP contribution in [0, 0.1) is 17.2 Å². The van der Waals surface area contributed by atoms with Crippen LogP contribution < -0.4 is 20.7 Å². The zero-order chi connectivity index (χ0) is 49.4. The van der Waals surface area contributed by atoms with Crippen LogP contribution in [0.1, 0.15) is 80.7 Å². The molecule has 2 unspecified atom stereocenters. The molecule has 0 aliphatic carbocycles. The zero-order valence-electron chi connectivity index (χ0n) is 41.6. The van der Waals surface area contributed by atoms with Crippen molar-refractivity contribution in [3.63, 3.8) is 0 Å². The predicted molar refractivity (Wildman–Crippen MR) is 270 cm³/mol. The lowest BCUT2D eigenvalue weighted by Gasteiger charge is -2.35. The van der Waals surface area contributed by atoms with E-state index in [0.29, 0.717) is 91.3 Å². The number of ether oxygens (including phenoxy) is 4. The predicted octanol–water partition coefficient (Wildman–Crippen LogP) is 9.60. The molecule has 5 rings (SSSR count). The molecule has 1 aliphatic rings. The van der Waals surface area contributed by atoms with Crippen molar-refractivity contribution in [2.45, 2.75) is 92.8 Å². The van der Waals surface area contributed by atoms with Crippen LogP contribution in [0.15, 0.2) is 65.7 Å². The number of carbonyl (C=O) groups is 2. The van der Waals surface area contributed by atoms with Gasteiger partial charge in [-0.15, -0.1) is 0 Å². The lowest BCUT2D eigenvalue weighted by atomic mass is 10.1. The molecule has 0 radical (unpaired) electrons. The number of likely N-dealkylation sites (N-methyl/N-ethyl adjacent to an activating group) is 1. The summed E-state index contributed by atoms with van der Waals surface area (Å²) >= 11 is 0. The van der Waals surface area contributed by atoms with Crippen LogP contribution in [0.5, 0.6) is 5.75 Å². The lowest BCUT2D eigenvalue weighted by molar-refractivity contribution is -0.0858. The van der Waals surface area contributed by atoms with E-state index in [-0.39, 0.29) is 24.6 Å². The van der Waals surface area contributed by atoms with E-state index in [0.717, 1.165) is 43.9 Å². The average Bonchev–Trinajstić information content (AvgIpc) is 3.68. The number of primary amides is 1. The van der Waals surface area contributed by atoms with Crippen molar-refractivity contribution in [1.82, 2.24) is 19.1 Å². The minimum Gasteiger partial charge on any atom is -0.491 e. The number of nitriles is 1. The van der Waals surface area contributed by atoms with Crippen LogP contribution in [-0.4, -0.2) is 134 Å². The zero-order valence-corrected chi connectivity index (χ0v) is 42.5. The number of rotatable bonds is 25. The number of benzene rings is 3. The minimum atomic E-state index is -1.26. The number of nitrogens with zero attached hydrogens (tertiary/aromatic N) is 7. The summed E-state index contributed by atoms with van der Waals surface area (Å²) in [6.07, 6.45) is 0.527. The van der Waals surface area contributed by atoms with E-state index >= 15 is 0 Å². The van der Waals surface area contributed by atoms with Crippen molar-refractivity contribution in [3.8, 4) is 23.2 Å². The molecule has 2 amide bonds. The first-order chi connectivity index (χ1) is 32.5. The van der Waals surface area contributed by atoms with E-state index in [9.17, 15) is 9.59 Å². The smallest absolute Gasteiger partial charge is 0.411 e. The highest BCUT2D eigenvalue weighted by atomic mass is 31.2. The number of hydrogen-bond acceptors (Lipinski definition) is 14. The second kappa shape index (κ2) is 26.0. The first-order valence-corrected chi connectivity index (χ1v) is 24.7. The van der Waals surface area contributed by atoms with Crippen molar-refractivity contribution in [2.75, 3.05) is 89.7 Å². The number of aromatic nitrogens is 2. The number of carbonyl (C=O) groups excluding carboxylic acids is 2. The van der Waals surface area contributed by atoms with E-state index < -0.39 is 26.3 Å². The number of aliphatic imine (C=N–C) groups is 1. The first kappa shape index (κ1) is 53.8. The molecule has 2 heterocycles. The molecular formula is C50H72N9O8P. The van der Waals surface area contributed by atoms with E-state index in [4.69, 9.17) is 49.0 Å². The molecule has 18 heteroatoms. The summed E-state index contributed by atoms with van der Waals surface area (Å²) in [7, 11) is 0.852. The van der Waals surface area contributed by atoms with Gasteiger partial charge in [0.2, 0.25) is 0 Å². The van der Waals surface area contributed by atoms with Gasteiger partial charge in [0.1, 0.15) is 18.2 Å². The molecule has 68 heavy (non-hydrogen) atoms. The third kappa shape index (κ3) is 15.7. The van der Waals surface area contributed by atoms with Crippen molar-refractivity contribution < 1.29 is 37.6 Å². The van der Waals surface area contributed by atoms with Crippen LogP contribution >= 0.6 is 8.53 Å². The molecule has 3 aromatic carbocycles. The topological polar surface area (TPSA) is 191 Å². The number of nitrogens with one attached hydrogen (secondary N) is 1. The first-order valence-electron chi connectivity index (χ1n) is 23.6. The fraction of sp³-hybridized carbons (Fsp3) is 0.540. The number of nitrogens with two attached hydrogens (primary N) is 1. The van der Waals surface area contributed by atoms with Gasteiger partial charge in [-0.2, -0.15) is 5.26 Å². The fourth-order valence-corrected chi connectivity index (χ4v) is 9.29. The van der Waals surface area contributed by atoms with Crippen LogP contribution in [0.4, 0.5) is 26.7 Å². The second-order valence-electron chi connectivity index (χ2n) is 18.1. The molecule has 3 N–H and O–H groups in total. The van der Waals surface area contributed by atoms with E-state index in [2.05, 4.69) is 67.5 Å². The van der Waals surface area contributed by atoms with Crippen LogP contribution in [-0.2, 0) is 23.3 Å². The quantitative estimate of drug-likeness (QED) is 0.0363. The third-order valence-electron chi connectivity index (χ3n) is 11.2. The van der Waals surface area contributed by atoms with Crippen molar-refractivity contribution >= 4 is 54.5 Å². The van der Waals surface area contributed by atoms with E-state index in [1.165, 1.54) is 4.57 Å². The van der Waals surface area contributed by atoms with Crippen LogP contribution in [0.2, 0.25) is 0 Å². The van der Waals surface area contributed by atoms with Gasteiger partial charge in [0.05, 0.1) is 73.5 Å². The van der Waals surface area contributed by atoms with Gasteiger partial charge < -0.3 is 43.5 Å². The molecule has 2 atom stereocenters. The average molecular weight is 958 g/mol. The molecule has 1 saturated heterocycles. The maximum Gasteiger partial charge on any atom is 0.411 e. The summed E-state index contributed by atoms with van der Waals surface area (Å²) in [5, 5.41) is 11.8. The lowest BCUT2D eigenvalue weighted by Crippen LogP contribution is -2.44. The summed E-state index contributed by atoms with van der Waals surface area (Å²) < 4.78 is 39.3. The van der Waals surface area contributed by atoms with Gasteiger partial charge in [0, 0.05) is 61.8 Å². The molecule has 4 aromatic rings. The maximum absolute atomic E-state index is 12.9. The molecular weight excluding hydrogens is 886 g/mol. The Morgan fingerprint density at radius 2 is 1.66 bits per heavy atom. The number of imidazole rings is 1. The highest BCUT2D eigenvalue weighted by Gasteiger charge is 2.28. The van der Waals surface area contributed by atoms with Crippen molar-refractivity contribution in [3.05, 3.63) is 66.2 Å². The Morgan fingerprint density at radius 3 is 2.32 bits per heavy atom. The van der Waals surface area contributed by atoms with Crippen LogP contribution in [0.25, 0.3) is 22.4 Å². The van der Waals surface area contributed by atoms with E-state index in [1.807, 2.05) is 63.2 Å². The Balaban J connectivity index is 1.17. The molecule has 370 valence electrons. The molecule has 1 fully saturated rings. The van der Waals surface area contributed by atoms with Gasteiger partial charge >= 0.3 is 12.1 Å². The number of fused-ring (bicyclic) bond motifs is 1. The summed E-state index contributed by atoms with van der Waals surface area (Å²) in [5.41, 5.74) is 10.6. The minimum absolute atomic E-state index is 0.200. The normalized spacial score (nSPS) is 14.7. The second-order valence-corrected chi connectivity index (χ2v) is 19.6. The standard InChI is InChI=1S/C50H72N9O8P/c1-11-63-49(61)55-43-19-15-40(47-54-45-32-41(57-25-23-56(10)24-26-57)16-20-46(45)58(47)48(52)60)31-44(43)53-38(7)39-13-17-42(18-14-39)64-29-30-65-50(8,9)34-62-33-37(6)21-28-67-68(66-27-12-22-51)59(35(2)3)36(4)5/h13-20,31-32,35-37H,11-12,21,23-30,33-34H2,1-10H3,(H2,52,60)(H,55,61). The number of piperazine rings is 1. The van der Waals surface area contributed by atoms with Crippen LogP contribution in [0.3, 0.4) is 0 Å². The Kier molecular flexibility index (Phi) is 20.5. The van der Waals surface area contributed by atoms with Gasteiger partial charge in [0.25, 0.3) is 8.53 Å². The Bertz CT molecular complexity index is 2320. The molecule has 0 spiro atoms. The van der Waals surface area contributed by atoms with E-state index in [1.54, 1.807) is 25.1 Å². The maximum atomic E-state index is 12.9. The number of amides is 2.